The van der Waals surface area contributed by atoms with Gasteiger partial charge >= 0.3 is 0 Å². The Balaban J connectivity index is 4.43. The molecule has 0 fully saturated rings. The lowest BCUT2D eigenvalue weighted by Gasteiger charge is -2.20. The van der Waals surface area contributed by atoms with Crippen LogP contribution in [0.4, 0.5) is 4.39 Å². The summed E-state index contributed by atoms with van der Waals surface area (Å²) in [4.78, 5) is 0. The van der Waals surface area contributed by atoms with Crippen LogP contribution in [0.5, 0.6) is 0 Å². The monoisotopic (exact) mass is 402 g/mol. The molecule has 0 saturated heterocycles. The standard InChI is InChI=1S/C27H43FO/c1-9-10-19-27(7,8)20-18-23(5)14-16-24(6)25(28)13-11-12-22(4)15-17-26(29)21(2)3/h12,18,26,29H,2,11,13-17,19-20H2,1,3-8H3/b22-12+,23-18+,25-24-. The normalized spacial score (nSPS) is 14.8. The zero-order valence-corrected chi connectivity index (χ0v) is 19.9. The second-order valence-electron chi connectivity index (χ2n) is 9.20. The van der Waals surface area contributed by atoms with E-state index in [9.17, 15) is 9.50 Å². The average Bonchev–Trinajstić information content (AvgIpc) is 2.66. The van der Waals surface area contributed by atoms with Gasteiger partial charge in [-0.15, -0.1) is 11.8 Å². The molecule has 2 heteroatoms. The molecule has 0 aromatic rings. The second kappa shape index (κ2) is 14.4. The van der Waals surface area contributed by atoms with Crippen LogP contribution in [0.2, 0.25) is 0 Å². The lowest BCUT2D eigenvalue weighted by atomic mass is 9.85. The molecule has 0 rings (SSSR count). The Morgan fingerprint density at radius 2 is 1.66 bits per heavy atom. The van der Waals surface area contributed by atoms with E-state index in [0.717, 1.165) is 43.3 Å². The molecule has 0 saturated carbocycles. The number of halogens is 1. The molecule has 0 bridgehead atoms. The highest BCUT2D eigenvalue weighted by molar-refractivity contribution is 5.11. The molecule has 0 aromatic heterocycles. The Kier molecular flexibility index (Phi) is 13.6. The molecule has 0 amide bonds. The van der Waals surface area contributed by atoms with Gasteiger partial charge in [-0.05, 0) is 84.1 Å². The van der Waals surface area contributed by atoms with Crippen molar-refractivity contribution in [1.29, 1.82) is 0 Å². The maximum atomic E-state index is 14.4. The van der Waals surface area contributed by atoms with Crippen LogP contribution >= 0.6 is 0 Å². The number of allylic oxidation sites excluding steroid dienone is 6. The van der Waals surface area contributed by atoms with Crippen molar-refractivity contribution in [2.24, 2.45) is 5.41 Å². The lowest BCUT2D eigenvalue weighted by molar-refractivity contribution is 0.201. The Bertz CT molecular complexity index is 664. The molecule has 0 aliphatic heterocycles. The number of hydrogen-bond acceptors (Lipinski definition) is 1. The van der Waals surface area contributed by atoms with Gasteiger partial charge in [-0.1, -0.05) is 49.3 Å². The number of rotatable bonds is 13. The van der Waals surface area contributed by atoms with Gasteiger partial charge in [0.1, 0.15) is 0 Å². The summed E-state index contributed by atoms with van der Waals surface area (Å²) >= 11 is 0. The molecule has 0 radical (unpaired) electrons. The van der Waals surface area contributed by atoms with Crippen LogP contribution in [-0.2, 0) is 0 Å². The third-order valence-electron chi connectivity index (χ3n) is 5.34. The van der Waals surface area contributed by atoms with E-state index in [2.05, 4.69) is 51.3 Å². The predicted octanol–water partition coefficient (Wildman–Crippen LogP) is 8.23. The van der Waals surface area contributed by atoms with Gasteiger partial charge in [0.15, 0.2) is 0 Å². The van der Waals surface area contributed by atoms with Gasteiger partial charge in [-0.25, -0.2) is 4.39 Å². The van der Waals surface area contributed by atoms with E-state index in [1.54, 1.807) is 0 Å². The van der Waals surface area contributed by atoms with Crippen LogP contribution in [0.3, 0.4) is 0 Å². The van der Waals surface area contributed by atoms with Crippen molar-refractivity contribution in [2.75, 3.05) is 0 Å². The van der Waals surface area contributed by atoms with Gasteiger partial charge < -0.3 is 5.11 Å². The summed E-state index contributed by atoms with van der Waals surface area (Å²) < 4.78 is 14.4. The van der Waals surface area contributed by atoms with E-state index < -0.39 is 6.10 Å². The summed E-state index contributed by atoms with van der Waals surface area (Å²) in [6.07, 6.45) is 10.2. The number of aliphatic hydroxyl groups excluding tert-OH is 1. The Morgan fingerprint density at radius 3 is 2.24 bits per heavy atom. The maximum absolute atomic E-state index is 14.4. The first kappa shape index (κ1) is 27.4. The van der Waals surface area contributed by atoms with Gasteiger partial charge in [-0.3, -0.25) is 0 Å². The van der Waals surface area contributed by atoms with Gasteiger partial charge in [0.2, 0.25) is 0 Å². The van der Waals surface area contributed by atoms with Gasteiger partial charge in [-0.2, -0.15) is 0 Å². The molecule has 29 heavy (non-hydrogen) atoms. The van der Waals surface area contributed by atoms with Crippen molar-refractivity contribution in [1.82, 2.24) is 0 Å². The predicted molar refractivity (Wildman–Crippen MR) is 126 cm³/mol. The van der Waals surface area contributed by atoms with Crippen molar-refractivity contribution in [2.45, 2.75) is 106 Å². The van der Waals surface area contributed by atoms with Gasteiger partial charge in [0, 0.05) is 12.8 Å². The zero-order valence-electron chi connectivity index (χ0n) is 19.9. The van der Waals surface area contributed by atoms with Crippen molar-refractivity contribution in [3.63, 3.8) is 0 Å². The Hall–Kier alpha value is -1.59. The Labute approximate surface area is 179 Å². The first-order valence-electron chi connectivity index (χ1n) is 10.9. The molecule has 164 valence electrons. The summed E-state index contributed by atoms with van der Waals surface area (Å²) in [5.41, 5.74) is 4.36. The Morgan fingerprint density at radius 1 is 1.03 bits per heavy atom. The van der Waals surface area contributed by atoms with Crippen LogP contribution in [0.25, 0.3) is 0 Å². The SMILES string of the molecule is C=C(C)C(O)CC/C(C)=C/CC/C(F)=C(\C)CC/C(C)=C/CC(C)(C)CC#CC. The van der Waals surface area contributed by atoms with Crippen molar-refractivity contribution < 1.29 is 9.50 Å². The molecule has 1 unspecified atom stereocenters. The topological polar surface area (TPSA) is 20.2 Å². The summed E-state index contributed by atoms with van der Waals surface area (Å²) in [5.74, 6) is 6.15. The highest BCUT2D eigenvalue weighted by Gasteiger charge is 2.14. The van der Waals surface area contributed by atoms with Crippen LogP contribution < -0.4 is 0 Å². The lowest BCUT2D eigenvalue weighted by Crippen LogP contribution is -2.08. The number of aliphatic hydroxyl groups is 1. The minimum Gasteiger partial charge on any atom is -0.389 e. The van der Waals surface area contributed by atoms with Gasteiger partial charge in [0.05, 0.1) is 11.9 Å². The van der Waals surface area contributed by atoms with E-state index in [1.807, 2.05) is 27.7 Å². The highest BCUT2D eigenvalue weighted by Crippen LogP contribution is 2.27. The summed E-state index contributed by atoms with van der Waals surface area (Å²) in [7, 11) is 0. The minimum absolute atomic E-state index is 0.0161. The fourth-order valence-corrected chi connectivity index (χ4v) is 2.84. The minimum atomic E-state index is -0.446. The smallest absolute Gasteiger partial charge is 0.0991 e. The summed E-state index contributed by atoms with van der Waals surface area (Å²) in [6.45, 7) is 18.0. The maximum Gasteiger partial charge on any atom is 0.0991 e. The fraction of sp³-hybridized carbons (Fsp3) is 0.630. The molecule has 0 aliphatic carbocycles. The number of hydrogen-bond donors (Lipinski definition) is 1. The molecule has 1 nitrogen and oxygen atoms in total. The fourth-order valence-electron chi connectivity index (χ4n) is 2.84. The largest absolute Gasteiger partial charge is 0.389 e. The molecule has 0 heterocycles. The van der Waals surface area contributed by atoms with E-state index in [-0.39, 0.29) is 11.2 Å². The average molecular weight is 403 g/mol. The summed E-state index contributed by atoms with van der Waals surface area (Å²) in [6, 6.07) is 0. The third-order valence-corrected chi connectivity index (χ3v) is 5.34. The van der Waals surface area contributed by atoms with Crippen LogP contribution in [0.1, 0.15) is 99.8 Å². The van der Waals surface area contributed by atoms with Crippen molar-refractivity contribution >= 4 is 0 Å². The third kappa shape index (κ3) is 14.1. The molecule has 0 aliphatic rings. The quantitative estimate of drug-likeness (QED) is 0.243. The van der Waals surface area contributed by atoms with E-state index >= 15 is 0 Å². The van der Waals surface area contributed by atoms with Crippen LogP contribution in [0.15, 0.2) is 46.9 Å². The molecule has 0 aromatic carbocycles. The molecule has 0 spiro atoms. The van der Waals surface area contributed by atoms with E-state index in [4.69, 9.17) is 0 Å². The van der Waals surface area contributed by atoms with Crippen LogP contribution in [-0.4, -0.2) is 11.2 Å². The summed E-state index contributed by atoms with van der Waals surface area (Å²) in [5, 5.41) is 9.78. The second-order valence-corrected chi connectivity index (χ2v) is 9.20. The van der Waals surface area contributed by atoms with Crippen molar-refractivity contribution in [3.05, 3.63) is 46.9 Å². The first-order chi connectivity index (χ1) is 13.5. The molecule has 1 N–H and O–H groups in total. The molecule has 1 atom stereocenters. The van der Waals surface area contributed by atoms with Crippen molar-refractivity contribution in [3.8, 4) is 11.8 Å². The molecular weight excluding hydrogens is 359 g/mol. The van der Waals surface area contributed by atoms with E-state index in [1.165, 1.54) is 11.1 Å². The zero-order chi connectivity index (χ0) is 22.4. The molecular formula is C27H43FO. The highest BCUT2D eigenvalue weighted by atomic mass is 19.1. The van der Waals surface area contributed by atoms with Gasteiger partial charge in [0.25, 0.3) is 0 Å². The van der Waals surface area contributed by atoms with Crippen LogP contribution in [0, 0.1) is 17.3 Å². The van der Waals surface area contributed by atoms with E-state index in [0.29, 0.717) is 19.3 Å². The first-order valence-corrected chi connectivity index (χ1v) is 10.9.